The molecule has 0 aliphatic heterocycles. The van der Waals surface area contributed by atoms with Gasteiger partial charge in [0.05, 0.1) is 6.42 Å². The monoisotopic (exact) mass is 285 g/mol. The smallest absolute Gasteiger partial charge is 0.407 e. The van der Waals surface area contributed by atoms with Gasteiger partial charge in [0, 0.05) is 6.04 Å². The maximum Gasteiger partial charge on any atom is 0.407 e. The van der Waals surface area contributed by atoms with Crippen LogP contribution in [0.2, 0.25) is 0 Å². The van der Waals surface area contributed by atoms with Gasteiger partial charge in [0.1, 0.15) is 5.60 Å². The Morgan fingerprint density at radius 2 is 1.75 bits per heavy atom. The van der Waals surface area contributed by atoms with E-state index in [9.17, 15) is 9.59 Å². The summed E-state index contributed by atoms with van der Waals surface area (Å²) < 4.78 is 5.27. The molecule has 0 saturated heterocycles. The number of amides is 1. The molecular weight excluding hydrogens is 258 g/mol. The first-order valence-electron chi connectivity index (χ1n) is 7.49. The van der Waals surface area contributed by atoms with E-state index >= 15 is 0 Å². The number of nitrogens with one attached hydrogen (secondary N) is 1. The molecule has 1 aliphatic carbocycles. The number of hydrogen-bond acceptors (Lipinski definition) is 3. The standard InChI is InChI=1S/C15H27NO4/c1-15(2,3)20-14(19)16-12-9-7-5-4-6-8-11(12)10-13(17)18/h11-12H,4-10H2,1-3H3,(H,16,19)(H,17,18). The van der Waals surface area contributed by atoms with Crippen LogP contribution in [0.25, 0.3) is 0 Å². The summed E-state index contributed by atoms with van der Waals surface area (Å²) in [6.45, 7) is 5.46. The minimum atomic E-state index is -0.799. The number of aliphatic carboxylic acids is 1. The summed E-state index contributed by atoms with van der Waals surface area (Å²) in [4.78, 5) is 22.9. The van der Waals surface area contributed by atoms with E-state index in [-0.39, 0.29) is 18.4 Å². The summed E-state index contributed by atoms with van der Waals surface area (Å²) in [5.74, 6) is -0.799. The summed E-state index contributed by atoms with van der Waals surface area (Å²) >= 11 is 0. The van der Waals surface area contributed by atoms with E-state index in [2.05, 4.69) is 5.32 Å². The molecule has 0 spiro atoms. The summed E-state index contributed by atoms with van der Waals surface area (Å²) in [5.41, 5.74) is -0.534. The molecule has 2 unspecified atom stereocenters. The molecule has 1 saturated carbocycles. The van der Waals surface area contributed by atoms with Gasteiger partial charge in [0.15, 0.2) is 0 Å². The second-order valence-electron chi connectivity index (χ2n) is 6.60. The maximum absolute atomic E-state index is 11.9. The van der Waals surface area contributed by atoms with Crippen molar-refractivity contribution in [1.29, 1.82) is 0 Å². The van der Waals surface area contributed by atoms with Crippen molar-refractivity contribution < 1.29 is 19.4 Å². The van der Waals surface area contributed by atoms with Crippen molar-refractivity contribution in [2.75, 3.05) is 0 Å². The summed E-state index contributed by atoms with van der Waals surface area (Å²) in [6, 6.07) is -0.0961. The first-order valence-corrected chi connectivity index (χ1v) is 7.49. The fourth-order valence-corrected chi connectivity index (χ4v) is 2.68. The Morgan fingerprint density at radius 1 is 1.15 bits per heavy atom. The predicted molar refractivity (Wildman–Crippen MR) is 76.6 cm³/mol. The molecule has 2 atom stereocenters. The van der Waals surface area contributed by atoms with Crippen molar-refractivity contribution in [2.45, 2.75) is 77.4 Å². The van der Waals surface area contributed by atoms with Crippen molar-refractivity contribution in [2.24, 2.45) is 5.92 Å². The fraction of sp³-hybridized carbons (Fsp3) is 0.867. The van der Waals surface area contributed by atoms with Crippen LogP contribution in [0, 0.1) is 5.92 Å². The third-order valence-electron chi connectivity index (χ3n) is 3.55. The number of carbonyl (C=O) groups excluding carboxylic acids is 1. The highest BCUT2D eigenvalue weighted by atomic mass is 16.6. The second-order valence-corrected chi connectivity index (χ2v) is 6.60. The average Bonchev–Trinajstić information content (AvgIpc) is 2.24. The van der Waals surface area contributed by atoms with Crippen molar-refractivity contribution >= 4 is 12.1 Å². The molecule has 1 aliphatic rings. The second kappa shape index (κ2) is 7.50. The van der Waals surface area contributed by atoms with E-state index in [1.54, 1.807) is 0 Å². The van der Waals surface area contributed by atoms with Crippen LogP contribution >= 0.6 is 0 Å². The molecule has 1 amide bonds. The lowest BCUT2D eigenvalue weighted by atomic mass is 9.85. The molecule has 116 valence electrons. The highest BCUT2D eigenvalue weighted by molar-refractivity contribution is 5.69. The minimum Gasteiger partial charge on any atom is -0.481 e. The molecule has 1 fully saturated rings. The van der Waals surface area contributed by atoms with Gasteiger partial charge in [0.2, 0.25) is 0 Å². The molecule has 5 heteroatoms. The van der Waals surface area contributed by atoms with E-state index in [0.717, 1.165) is 38.5 Å². The SMILES string of the molecule is CC(C)(C)OC(=O)NC1CCCCCCC1CC(=O)O. The van der Waals surface area contributed by atoms with Crippen LogP contribution in [0.5, 0.6) is 0 Å². The van der Waals surface area contributed by atoms with Crippen molar-refractivity contribution in [3.8, 4) is 0 Å². The van der Waals surface area contributed by atoms with Gasteiger partial charge in [-0.1, -0.05) is 25.7 Å². The molecule has 1 rings (SSSR count). The number of alkyl carbamates (subject to hydrolysis) is 1. The van der Waals surface area contributed by atoms with Gasteiger partial charge in [-0.15, -0.1) is 0 Å². The van der Waals surface area contributed by atoms with Crippen LogP contribution in [0.4, 0.5) is 4.79 Å². The van der Waals surface area contributed by atoms with Gasteiger partial charge in [-0.3, -0.25) is 4.79 Å². The Labute approximate surface area is 121 Å². The van der Waals surface area contributed by atoms with Gasteiger partial charge in [-0.2, -0.15) is 0 Å². The molecule has 5 nitrogen and oxygen atoms in total. The molecule has 20 heavy (non-hydrogen) atoms. The summed E-state index contributed by atoms with van der Waals surface area (Å²) in [7, 11) is 0. The predicted octanol–water partition coefficient (Wildman–Crippen LogP) is 3.32. The first-order chi connectivity index (χ1) is 9.28. The van der Waals surface area contributed by atoms with E-state index in [4.69, 9.17) is 9.84 Å². The van der Waals surface area contributed by atoms with Gasteiger partial charge in [0.25, 0.3) is 0 Å². The fourth-order valence-electron chi connectivity index (χ4n) is 2.68. The molecule has 0 aromatic heterocycles. The molecule has 0 heterocycles. The van der Waals surface area contributed by atoms with E-state index < -0.39 is 17.7 Å². The van der Waals surface area contributed by atoms with Gasteiger partial charge in [-0.05, 0) is 39.5 Å². The Kier molecular flexibility index (Phi) is 6.30. The summed E-state index contributed by atoms with van der Waals surface area (Å²) in [6.07, 6.45) is 5.70. The highest BCUT2D eigenvalue weighted by Gasteiger charge is 2.28. The number of rotatable bonds is 3. The largest absolute Gasteiger partial charge is 0.481 e. The van der Waals surface area contributed by atoms with Crippen LogP contribution in [0.1, 0.15) is 65.7 Å². The zero-order chi connectivity index (χ0) is 15.2. The van der Waals surface area contributed by atoms with Crippen molar-refractivity contribution in [3.05, 3.63) is 0 Å². The van der Waals surface area contributed by atoms with Gasteiger partial charge >= 0.3 is 12.1 Å². The molecule has 0 radical (unpaired) electrons. The topological polar surface area (TPSA) is 75.6 Å². The quantitative estimate of drug-likeness (QED) is 0.834. The van der Waals surface area contributed by atoms with E-state index in [1.165, 1.54) is 0 Å². The van der Waals surface area contributed by atoms with Crippen LogP contribution in [0.15, 0.2) is 0 Å². The highest BCUT2D eigenvalue weighted by Crippen LogP contribution is 2.25. The minimum absolute atomic E-state index is 0.000295. The number of carboxylic acids is 1. The maximum atomic E-state index is 11.9. The van der Waals surface area contributed by atoms with Crippen molar-refractivity contribution in [3.63, 3.8) is 0 Å². The van der Waals surface area contributed by atoms with Crippen molar-refractivity contribution in [1.82, 2.24) is 5.32 Å². The van der Waals surface area contributed by atoms with Crippen LogP contribution in [0.3, 0.4) is 0 Å². The Morgan fingerprint density at radius 3 is 2.30 bits per heavy atom. The number of hydrogen-bond donors (Lipinski definition) is 2. The van der Waals surface area contributed by atoms with E-state index in [0.29, 0.717) is 0 Å². The molecule has 0 aromatic rings. The Balaban J connectivity index is 2.63. The normalized spacial score (nSPS) is 24.4. The lowest BCUT2D eigenvalue weighted by Gasteiger charge is -2.30. The van der Waals surface area contributed by atoms with Crippen LogP contribution in [-0.2, 0) is 9.53 Å². The third-order valence-corrected chi connectivity index (χ3v) is 3.55. The lowest BCUT2D eigenvalue weighted by molar-refractivity contribution is -0.138. The molecule has 0 aromatic carbocycles. The molecule has 0 bridgehead atoms. The third kappa shape index (κ3) is 6.78. The lowest BCUT2D eigenvalue weighted by Crippen LogP contribution is -2.44. The zero-order valence-electron chi connectivity index (χ0n) is 12.8. The number of carboxylic acid groups (broad SMARTS) is 1. The molecular formula is C15H27NO4. The van der Waals surface area contributed by atoms with Crippen LogP contribution < -0.4 is 5.32 Å². The van der Waals surface area contributed by atoms with E-state index in [1.807, 2.05) is 20.8 Å². The zero-order valence-corrected chi connectivity index (χ0v) is 12.8. The summed E-state index contributed by atoms with van der Waals surface area (Å²) in [5, 5.41) is 11.9. The number of carbonyl (C=O) groups is 2. The van der Waals surface area contributed by atoms with Crippen LogP contribution in [-0.4, -0.2) is 28.8 Å². The van der Waals surface area contributed by atoms with Gasteiger partial charge < -0.3 is 15.2 Å². The Bertz CT molecular complexity index is 335. The van der Waals surface area contributed by atoms with Gasteiger partial charge in [-0.25, -0.2) is 4.79 Å². The molecule has 2 N–H and O–H groups in total. The Hall–Kier alpha value is -1.26. The average molecular weight is 285 g/mol. The first kappa shape index (κ1) is 16.8. The number of ether oxygens (including phenoxy) is 1.